The molecule has 1 saturated carbocycles. The van der Waals surface area contributed by atoms with Crippen LogP contribution in [0.1, 0.15) is 52.4 Å². The lowest BCUT2D eigenvalue weighted by atomic mass is 10.0. The minimum absolute atomic E-state index is 0.749. The molecule has 110 valence electrons. The molecule has 19 heavy (non-hydrogen) atoms. The summed E-state index contributed by atoms with van der Waals surface area (Å²) < 4.78 is 0. The maximum atomic E-state index is 3.71. The first-order valence-corrected chi connectivity index (χ1v) is 8.51. The lowest BCUT2D eigenvalue weighted by Gasteiger charge is -2.33. The number of piperidine rings is 1. The average Bonchev–Trinajstić information content (AvgIpc) is 3.20. The van der Waals surface area contributed by atoms with Crippen molar-refractivity contribution in [1.29, 1.82) is 0 Å². The van der Waals surface area contributed by atoms with Crippen LogP contribution in [-0.4, -0.2) is 60.1 Å². The summed E-state index contributed by atoms with van der Waals surface area (Å²) in [5.41, 5.74) is 0. The summed E-state index contributed by atoms with van der Waals surface area (Å²) in [7, 11) is 0. The van der Waals surface area contributed by atoms with Gasteiger partial charge in [0.05, 0.1) is 0 Å². The second kappa shape index (κ2) is 6.11. The number of hydrogen-bond acceptors (Lipinski definition) is 3. The zero-order valence-electron chi connectivity index (χ0n) is 12.8. The van der Waals surface area contributed by atoms with Crippen LogP contribution in [-0.2, 0) is 0 Å². The van der Waals surface area contributed by atoms with Gasteiger partial charge in [0, 0.05) is 37.3 Å². The van der Waals surface area contributed by atoms with Crippen molar-refractivity contribution in [1.82, 2.24) is 15.1 Å². The third-order valence-electron chi connectivity index (χ3n) is 5.41. The topological polar surface area (TPSA) is 18.5 Å². The van der Waals surface area contributed by atoms with Crippen LogP contribution in [0.5, 0.6) is 0 Å². The minimum atomic E-state index is 0.749. The SMILES string of the molecule is CCN(CC1CCCCN1)C1CC(C)N(C2CC2)C1. The first-order chi connectivity index (χ1) is 9.28. The van der Waals surface area contributed by atoms with Gasteiger partial charge in [-0.2, -0.15) is 0 Å². The third-order valence-corrected chi connectivity index (χ3v) is 5.41. The van der Waals surface area contributed by atoms with E-state index in [4.69, 9.17) is 0 Å². The van der Waals surface area contributed by atoms with Gasteiger partial charge in [0.2, 0.25) is 0 Å². The van der Waals surface area contributed by atoms with Crippen LogP contribution in [0.2, 0.25) is 0 Å². The highest BCUT2D eigenvalue weighted by molar-refractivity contribution is 4.97. The summed E-state index contributed by atoms with van der Waals surface area (Å²) >= 11 is 0. The number of nitrogens with one attached hydrogen (secondary N) is 1. The van der Waals surface area contributed by atoms with Gasteiger partial charge in [-0.15, -0.1) is 0 Å². The van der Waals surface area contributed by atoms with Crippen molar-refractivity contribution in [2.75, 3.05) is 26.2 Å². The van der Waals surface area contributed by atoms with E-state index in [2.05, 4.69) is 29.0 Å². The molecule has 3 unspecified atom stereocenters. The number of likely N-dealkylation sites (tertiary alicyclic amines) is 1. The Hall–Kier alpha value is -0.120. The maximum absolute atomic E-state index is 3.71. The van der Waals surface area contributed by atoms with E-state index in [-0.39, 0.29) is 0 Å². The second-order valence-electron chi connectivity index (χ2n) is 6.90. The molecular weight excluding hydrogens is 234 g/mol. The highest BCUT2D eigenvalue weighted by Gasteiger charge is 2.40. The molecular formula is C16H31N3. The monoisotopic (exact) mass is 265 g/mol. The summed E-state index contributed by atoms with van der Waals surface area (Å²) in [6, 6.07) is 3.31. The van der Waals surface area contributed by atoms with Crippen LogP contribution in [0, 0.1) is 0 Å². The maximum Gasteiger partial charge on any atom is 0.0238 e. The van der Waals surface area contributed by atoms with Crippen molar-refractivity contribution in [3.8, 4) is 0 Å². The number of hydrogen-bond donors (Lipinski definition) is 1. The molecule has 0 bridgehead atoms. The molecule has 3 fully saturated rings. The molecule has 0 spiro atoms. The van der Waals surface area contributed by atoms with Crippen LogP contribution in [0.4, 0.5) is 0 Å². The Morgan fingerprint density at radius 3 is 2.68 bits per heavy atom. The van der Waals surface area contributed by atoms with Gasteiger partial charge in [-0.1, -0.05) is 13.3 Å². The van der Waals surface area contributed by atoms with Crippen molar-refractivity contribution in [2.24, 2.45) is 0 Å². The zero-order valence-corrected chi connectivity index (χ0v) is 12.8. The van der Waals surface area contributed by atoms with Crippen LogP contribution >= 0.6 is 0 Å². The number of nitrogens with zero attached hydrogens (tertiary/aromatic N) is 2. The summed E-state index contributed by atoms with van der Waals surface area (Å²) in [6.45, 7) is 9.82. The Kier molecular flexibility index (Phi) is 4.45. The van der Waals surface area contributed by atoms with Crippen molar-refractivity contribution in [2.45, 2.75) is 76.5 Å². The average molecular weight is 265 g/mol. The van der Waals surface area contributed by atoms with Crippen LogP contribution in [0.25, 0.3) is 0 Å². The molecule has 1 aliphatic carbocycles. The molecule has 0 aromatic carbocycles. The predicted octanol–water partition coefficient (Wildman–Crippen LogP) is 2.08. The van der Waals surface area contributed by atoms with Gasteiger partial charge in [-0.25, -0.2) is 0 Å². The Morgan fingerprint density at radius 2 is 2.05 bits per heavy atom. The van der Waals surface area contributed by atoms with E-state index in [0.717, 1.165) is 24.2 Å². The highest BCUT2D eigenvalue weighted by atomic mass is 15.3. The molecule has 3 rings (SSSR count). The summed E-state index contributed by atoms with van der Waals surface area (Å²) in [5.74, 6) is 0. The van der Waals surface area contributed by atoms with Gasteiger partial charge in [0.15, 0.2) is 0 Å². The van der Waals surface area contributed by atoms with Crippen LogP contribution < -0.4 is 5.32 Å². The fourth-order valence-electron chi connectivity index (χ4n) is 4.11. The van der Waals surface area contributed by atoms with Crippen molar-refractivity contribution in [3.63, 3.8) is 0 Å². The molecule has 0 aromatic rings. The largest absolute Gasteiger partial charge is 0.313 e. The molecule has 3 nitrogen and oxygen atoms in total. The van der Waals surface area contributed by atoms with Crippen LogP contribution in [0.15, 0.2) is 0 Å². The quantitative estimate of drug-likeness (QED) is 0.821. The smallest absolute Gasteiger partial charge is 0.0238 e. The molecule has 3 heteroatoms. The predicted molar refractivity (Wildman–Crippen MR) is 80.5 cm³/mol. The summed E-state index contributed by atoms with van der Waals surface area (Å²) in [4.78, 5) is 5.53. The molecule has 3 aliphatic rings. The van der Waals surface area contributed by atoms with E-state index in [1.165, 1.54) is 64.7 Å². The fraction of sp³-hybridized carbons (Fsp3) is 1.00. The Labute approximate surface area is 118 Å². The lowest BCUT2D eigenvalue weighted by Crippen LogP contribution is -2.48. The third kappa shape index (κ3) is 3.32. The van der Waals surface area contributed by atoms with E-state index in [9.17, 15) is 0 Å². The van der Waals surface area contributed by atoms with Crippen molar-refractivity contribution >= 4 is 0 Å². The van der Waals surface area contributed by atoms with Crippen molar-refractivity contribution < 1.29 is 0 Å². The standard InChI is InChI=1S/C16H31N3/c1-3-18(11-14-6-4-5-9-17-14)16-10-13(2)19(12-16)15-7-8-15/h13-17H,3-12H2,1-2H3. The van der Waals surface area contributed by atoms with Crippen LogP contribution in [0.3, 0.4) is 0 Å². The molecule has 3 atom stereocenters. The normalized spacial score (nSPS) is 37.1. The molecule has 2 heterocycles. The summed E-state index contributed by atoms with van der Waals surface area (Å²) in [6.07, 6.45) is 8.46. The number of rotatable bonds is 5. The molecule has 0 amide bonds. The van der Waals surface area contributed by atoms with Gasteiger partial charge >= 0.3 is 0 Å². The fourth-order valence-corrected chi connectivity index (χ4v) is 4.11. The first-order valence-electron chi connectivity index (χ1n) is 8.51. The lowest BCUT2D eigenvalue weighted by molar-refractivity contribution is 0.169. The van der Waals surface area contributed by atoms with Crippen molar-refractivity contribution in [3.05, 3.63) is 0 Å². The van der Waals surface area contributed by atoms with Gasteiger partial charge in [0.1, 0.15) is 0 Å². The summed E-state index contributed by atoms with van der Waals surface area (Å²) in [5, 5.41) is 3.71. The van der Waals surface area contributed by atoms with E-state index < -0.39 is 0 Å². The molecule has 0 radical (unpaired) electrons. The van der Waals surface area contributed by atoms with E-state index in [1.54, 1.807) is 0 Å². The number of likely N-dealkylation sites (N-methyl/N-ethyl adjacent to an activating group) is 1. The van der Waals surface area contributed by atoms with E-state index in [1.807, 2.05) is 0 Å². The van der Waals surface area contributed by atoms with Gasteiger partial charge in [-0.3, -0.25) is 9.80 Å². The Bertz CT molecular complexity index is 284. The highest BCUT2D eigenvalue weighted by Crippen LogP contribution is 2.34. The second-order valence-corrected chi connectivity index (χ2v) is 6.90. The molecule has 2 saturated heterocycles. The Balaban J connectivity index is 1.53. The molecule has 2 aliphatic heterocycles. The van der Waals surface area contributed by atoms with E-state index >= 15 is 0 Å². The Morgan fingerprint density at radius 1 is 1.21 bits per heavy atom. The minimum Gasteiger partial charge on any atom is -0.313 e. The van der Waals surface area contributed by atoms with Gasteiger partial charge < -0.3 is 5.32 Å². The molecule has 0 aromatic heterocycles. The first kappa shape index (κ1) is 13.8. The van der Waals surface area contributed by atoms with Gasteiger partial charge in [-0.05, 0) is 52.1 Å². The molecule has 1 N–H and O–H groups in total. The van der Waals surface area contributed by atoms with Gasteiger partial charge in [0.25, 0.3) is 0 Å². The zero-order chi connectivity index (χ0) is 13.2. The van der Waals surface area contributed by atoms with E-state index in [0.29, 0.717) is 0 Å².